The number of allylic oxidation sites excluding steroid dienone is 3. The molecule has 0 saturated heterocycles. The van der Waals surface area contributed by atoms with Gasteiger partial charge in [-0.3, -0.25) is 0 Å². The van der Waals surface area contributed by atoms with Crippen LogP contribution in [0, 0.1) is 0 Å². The number of nitrogens with zero attached hydrogens (tertiary/aromatic N) is 2. The number of nitrogens with two attached hydrogens (primary N) is 1. The van der Waals surface area contributed by atoms with Gasteiger partial charge in [0.05, 0.1) is 12.6 Å². The molecule has 0 atom stereocenters. The first-order valence-corrected chi connectivity index (χ1v) is 8.86. The van der Waals surface area contributed by atoms with E-state index >= 15 is 0 Å². The average Bonchev–Trinajstić information content (AvgIpc) is 2.70. The van der Waals surface area contributed by atoms with Crippen LogP contribution in [0.3, 0.4) is 0 Å². The van der Waals surface area contributed by atoms with E-state index in [1.165, 1.54) is 31.5 Å². The number of hydrogen-bond donors (Lipinski definition) is 2. The van der Waals surface area contributed by atoms with Gasteiger partial charge in [-0.15, -0.1) is 13.2 Å². The summed E-state index contributed by atoms with van der Waals surface area (Å²) >= 11 is 0. The van der Waals surface area contributed by atoms with Crippen LogP contribution in [-0.2, 0) is 0 Å². The number of anilines is 2. The molecule has 1 aromatic heterocycles. The second-order valence-electron chi connectivity index (χ2n) is 6.08. The van der Waals surface area contributed by atoms with Crippen LogP contribution in [-0.4, -0.2) is 23.4 Å². The van der Waals surface area contributed by atoms with Gasteiger partial charge in [-0.25, -0.2) is 9.97 Å². The van der Waals surface area contributed by atoms with Gasteiger partial charge in [-0.05, 0) is 49.5 Å². The Morgan fingerprint density at radius 2 is 1.90 bits per heavy atom. The molecule has 0 aliphatic carbocycles. The van der Waals surface area contributed by atoms with E-state index in [2.05, 4.69) is 20.0 Å². The van der Waals surface area contributed by atoms with Crippen LogP contribution in [0.4, 0.5) is 24.7 Å². The Morgan fingerprint density at radius 3 is 2.57 bits per heavy atom. The van der Waals surface area contributed by atoms with Crippen molar-refractivity contribution >= 4 is 28.0 Å². The number of hydrogen-bond acceptors (Lipinski definition) is 6. The maximum atomic E-state index is 12.5. The molecule has 2 aromatic carbocycles. The van der Waals surface area contributed by atoms with E-state index in [9.17, 15) is 13.2 Å². The Morgan fingerprint density at radius 1 is 1.10 bits per heavy atom. The lowest BCUT2D eigenvalue weighted by molar-refractivity contribution is -0.274. The van der Waals surface area contributed by atoms with Crippen LogP contribution < -0.4 is 20.5 Å². The molecule has 1 heterocycles. The number of methoxy groups -OCH3 is 1. The van der Waals surface area contributed by atoms with Crippen LogP contribution >= 0.6 is 0 Å². The highest BCUT2D eigenvalue weighted by atomic mass is 19.4. The zero-order valence-corrected chi connectivity index (χ0v) is 16.2. The fourth-order valence-corrected chi connectivity index (χ4v) is 2.77. The van der Waals surface area contributed by atoms with Gasteiger partial charge in [0.1, 0.15) is 17.3 Å². The van der Waals surface area contributed by atoms with Crippen molar-refractivity contribution in [3.8, 4) is 11.5 Å². The molecule has 3 aromatic rings. The van der Waals surface area contributed by atoms with Gasteiger partial charge in [0.15, 0.2) is 5.82 Å². The predicted molar refractivity (Wildman–Crippen MR) is 109 cm³/mol. The molecule has 0 bridgehead atoms. The first-order valence-electron chi connectivity index (χ1n) is 8.86. The third-order valence-electron chi connectivity index (χ3n) is 4.08. The van der Waals surface area contributed by atoms with Gasteiger partial charge in [-0.2, -0.15) is 0 Å². The van der Waals surface area contributed by atoms with Crippen LogP contribution in [0.1, 0.15) is 12.7 Å². The third kappa shape index (κ3) is 4.99. The minimum absolute atomic E-state index is 0.344. The van der Waals surface area contributed by atoms with E-state index in [0.29, 0.717) is 39.6 Å². The van der Waals surface area contributed by atoms with Gasteiger partial charge in [-0.1, -0.05) is 12.1 Å². The van der Waals surface area contributed by atoms with Crippen molar-refractivity contribution in [2.45, 2.75) is 13.3 Å². The van der Waals surface area contributed by atoms with Crippen LogP contribution in [0.5, 0.6) is 11.5 Å². The fraction of sp³-hybridized carbons (Fsp3) is 0.143. The summed E-state index contributed by atoms with van der Waals surface area (Å²) in [6.45, 7) is 1.82. The summed E-state index contributed by atoms with van der Waals surface area (Å²) in [6.07, 6.45) is 0.0556. The quantitative estimate of drug-likeness (QED) is 0.541. The largest absolute Gasteiger partial charge is 0.573 e. The SMILES string of the molecule is C/C=C(\C=C/N)c1nc(Nc2cccc(OC(F)(F)F)c2)c2cc(OC)ccc2n1. The Hall–Kier alpha value is -3.75. The van der Waals surface area contributed by atoms with Crippen molar-refractivity contribution in [3.63, 3.8) is 0 Å². The van der Waals surface area contributed by atoms with E-state index in [0.717, 1.165) is 0 Å². The lowest BCUT2D eigenvalue weighted by Gasteiger charge is -2.14. The number of ether oxygens (including phenoxy) is 2. The molecule has 3 rings (SSSR count). The molecule has 0 spiro atoms. The van der Waals surface area contributed by atoms with E-state index in [1.54, 1.807) is 36.4 Å². The highest BCUT2D eigenvalue weighted by molar-refractivity contribution is 5.93. The normalized spacial score (nSPS) is 12.4. The van der Waals surface area contributed by atoms with Gasteiger partial charge in [0.25, 0.3) is 0 Å². The first kappa shape index (κ1) is 21.0. The maximum absolute atomic E-state index is 12.5. The molecule has 0 amide bonds. The standard InChI is InChI=1S/C21H19F3N4O2/c1-3-13(9-10-25)19-27-18-8-7-15(29-2)12-17(18)20(28-19)26-14-5-4-6-16(11-14)30-21(22,23)24/h3-12H,25H2,1-2H3,(H,26,27,28)/b10-9-,13-3+. The Labute approximate surface area is 170 Å². The number of fused-ring (bicyclic) bond motifs is 1. The van der Waals surface area contributed by atoms with Gasteiger partial charge >= 0.3 is 6.36 Å². The summed E-state index contributed by atoms with van der Waals surface area (Å²) in [4.78, 5) is 9.10. The van der Waals surface area contributed by atoms with E-state index < -0.39 is 6.36 Å². The zero-order valence-electron chi connectivity index (χ0n) is 16.2. The molecule has 0 radical (unpaired) electrons. The number of nitrogens with one attached hydrogen (secondary N) is 1. The van der Waals surface area contributed by atoms with Crippen LogP contribution in [0.2, 0.25) is 0 Å². The van der Waals surface area contributed by atoms with Gasteiger partial charge < -0.3 is 20.5 Å². The molecule has 9 heteroatoms. The maximum Gasteiger partial charge on any atom is 0.573 e. The second-order valence-corrected chi connectivity index (χ2v) is 6.08. The van der Waals surface area contributed by atoms with Crippen molar-refractivity contribution in [2.75, 3.05) is 12.4 Å². The van der Waals surface area contributed by atoms with E-state index in [4.69, 9.17) is 10.5 Å². The second kappa shape index (κ2) is 8.73. The molecule has 0 unspecified atom stereocenters. The summed E-state index contributed by atoms with van der Waals surface area (Å²) in [5.74, 6) is 1.04. The van der Waals surface area contributed by atoms with Crippen molar-refractivity contribution in [1.29, 1.82) is 0 Å². The molecule has 0 aliphatic heterocycles. The Balaban J connectivity index is 2.10. The number of alkyl halides is 3. The van der Waals surface area contributed by atoms with E-state index in [-0.39, 0.29) is 5.75 Å². The molecular weight excluding hydrogens is 397 g/mol. The highest BCUT2D eigenvalue weighted by Gasteiger charge is 2.31. The minimum Gasteiger partial charge on any atom is -0.497 e. The van der Waals surface area contributed by atoms with Crippen molar-refractivity contribution in [1.82, 2.24) is 9.97 Å². The van der Waals surface area contributed by atoms with Gasteiger partial charge in [0.2, 0.25) is 0 Å². The fourth-order valence-electron chi connectivity index (χ4n) is 2.77. The van der Waals surface area contributed by atoms with Crippen molar-refractivity contribution in [2.24, 2.45) is 5.73 Å². The summed E-state index contributed by atoms with van der Waals surface area (Å²) in [5, 5.41) is 3.68. The molecular formula is C21H19F3N4O2. The molecule has 0 aliphatic rings. The molecule has 3 N–H and O–H groups in total. The number of aromatic nitrogens is 2. The molecule has 30 heavy (non-hydrogen) atoms. The topological polar surface area (TPSA) is 82.3 Å². The number of rotatable bonds is 6. The Kier molecular flexibility index (Phi) is 6.10. The Bertz CT molecular complexity index is 1110. The van der Waals surface area contributed by atoms with Crippen molar-refractivity contribution in [3.05, 3.63) is 66.6 Å². The lowest BCUT2D eigenvalue weighted by Crippen LogP contribution is -2.17. The first-order chi connectivity index (χ1) is 14.3. The van der Waals surface area contributed by atoms with Crippen LogP contribution in [0.25, 0.3) is 16.5 Å². The predicted octanol–water partition coefficient (Wildman–Crippen LogP) is 5.16. The molecule has 0 fully saturated rings. The summed E-state index contributed by atoms with van der Waals surface area (Å²) in [7, 11) is 1.53. The summed E-state index contributed by atoms with van der Waals surface area (Å²) in [5.41, 5.74) is 7.18. The van der Waals surface area contributed by atoms with E-state index in [1.807, 2.05) is 6.92 Å². The van der Waals surface area contributed by atoms with Crippen LogP contribution in [0.15, 0.2) is 60.8 Å². The van der Waals surface area contributed by atoms with Gasteiger partial charge in [0, 0.05) is 22.7 Å². The third-order valence-corrected chi connectivity index (χ3v) is 4.08. The average molecular weight is 416 g/mol. The molecule has 0 saturated carbocycles. The minimum atomic E-state index is -4.78. The number of halogens is 3. The molecule has 156 valence electrons. The number of benzene rings is 2. The lowest BCUT2D eigenvalue weighted by atomic mass is 10.1. The summed E-state index contributed by atoms with van der Waals surface area (Å²) in [6, 6.07) is 10.8. The monoisotopic (exact) mass is 416 g/mol. The smallest absolute Gasteiger partial charge is 0.497 e. The zero-order chi connectivity index (χ0) is 21.7. The molecule has 6 nitrogen and oxygen atoms in total. The highest BCUT2D eigenvalue weighted by Crippen LogP contribution is 2.31. The van der Waals surface area contributed by atoms with Crippen molar-refractivity contribution < 1.29 is 22.6 Å². The summed E-state index contributed by atoms with van der Waals surface area (Å²) < 4.78 is 46.9.